The summed E-state index contributed by atoms with van der Waals surface area (Å²) >= 11 is 0. The molecule has 14 heavy (non-hydrogen) atoms. The highest BCUT2D eigenvalue weighted by Crippen LogP contribution is 2.12. The zero-order valence-corrected chi connectivity index (χ0v) is 7.85. The third kappa shape index (κ3) is 2.30. The van der Waals surface area contributed by atoms with Crippen LogP contribution in [0.4, 0.5) is 0 Å². The summed E-state index contributed by atoms with van der Waals surface area (Å²) in [5.41, 5.74) is 1.14. The standard InChI is InChI=1S/C12H12O2/c13-11-6-7-12(8-11)14-9-10-4-2-1-3-5-10/h1-7,12H,8-9H2. The van der Waals surface area contributed by atoms with E-state index in [4.69, 9.17) is 4.74 Å². The highest BCUT2D eigenvalue weighted by molar-refractivity contribution is 5.92. The van der Waals surface area contributed by atoms with Crippen molar-refractivity contribution < 1.29 is 9.53 Å². The number of hydrogen-bond donors (Lipinski definition) is 0. The third-order valence-corrected chi connectivity index (χ3v) is 2.21. The summed E-state index contributed by atoms with van der Waals surface area (Å²) < 4.78 is 5.55. The highest BCUT2D eigenvalue weighted by atomic mass is 16.5. The summed E-state index contributed by atoms with van der Waals surface area (Å²) in [6, 6.07) is 9.96. The first-order valence-corrected chi connectivity index (χ1v) is 4.71. The fourth-order valence-corrected chi connectivity index (χ4v) is 1.44. The average molecular weight is 188 g/mol. The van der Waals surface area contributed by atoms with Gasteiger partial charge in [0.25, 0.3) is 0 Å². The molecule has 0 saturated carbocycles. The van der Waals surface area contributed by atoms with E-state index < -0.39 is 0 Å². The average Bonchev–Trinajstić information content (AvgIpc) is 2.63. The molecule has 1 atom stereocenters. The molecule has 0 aromatic heterocycles. The Bertz CT molecular complexity index is 341. The fraction of sp³-hybridized carbons (Fsp3) is 0.250. The number of benzene rings is 1. The van der Waals surface area contributed by atoms with Crippen LogP contribution in [-0.4, -0.2) is 11.9 Å². The van der Waals surface area contributed by atoms with Crippen LogP contribution in [0.25, 0.3) is 0 Å². The predicted molar refractivity (Wildman–Crippen MR) is 53.8 cm³/mol. The van der Waals surface area contributed by atoms with Gasteiger partial charge in [-0.15, -0.1) is 0 Å². The number of ether oxygens (including phenoxy) is 1. The lowest BCUT2D eigenvalue weighted by molar-refractivity contribution is -0.115. The molecular weight excluding hydrogens is 176 g/mol. The van der Waals surface area contributed by atoms with E-state index in [2.05, 4.69) is 0 Å². The molecule has 1 aromatic carbocycles. The third-order valence-electron chi connectivity index (χ3n) is 2.21. The van der Waals surface area contributed by atoms with Gasteiger partial charge in [-0.2, -0.15) is 0 Å². The summed E-state index contributed by atoms with van der Waals surface area (Å²) in [6.45, 7) is 0.573. The van der Waals surface area contributed by atoms with Crippen LogP contribution in [0.2, 0.25) is 0 Å². The normalized spacial score (nSPS) is 20.3. The topological polar surface area (TPSA) is 26.3 Å². The van der Waals surface area contributed by atoms with Gasteiger partial charge in [-0.05, 0) is 11.6 Å². The molecule has 1 unspecified atom stereocenters. The van der Waals surface area contributed by atoms with Gasteiger partial charge in [0.2, 0.25) is 0 Å². The van der Waals surface area contributed by atoms with E-state index in [0.29, 0.717) is 13.0 Å². The Labute approximate surface area is 83.2 Å². The Kier molecular flexibility index (Phi) is 2.75. The lowest BCUT2D eigenvalue weighted by Crippen LogP contribution is -2.08. The monoisotopic (exact) mass is 188 g/mol. The van der Waals surface area contributed by atoms with E-state index in [9.17, 15) is 4.79 Å². The Morgan fingerprint density at radius 3 is 2.71 bits per heavy atom. The van der Waals surface area contributed by atoms with Gasteiger partial charge in [-0.3, -0.25) is 4.79 Å². The summed E-state index contributed by atoms with van der Waals surface area (Å²) in [6.07, 6.45) is 3.89. The molecule has 2 heteroatoms. The summed E-state index contributed by atoms with van der Waals surface area (Å²) in [7, 11) is 0. The minimum atomic E-state index is -0.0253. The molecular formula is C12H12O2. The van der Waals surface area contributed by atoms with E-state index in [1.54, 1.807) is 6.08 Å². The van der Waals surface area contributed by atoms with Crippen molar-refractivity contribution >= 4 is 5.78 Å². The van der Waals surface area contributed by atoms with Crippen molar-refractivity contribution in [2.45, 2.75) is 19.1 Å². The van der Waals surface area contributed by atoms with Crippen LogP contribution < -0.4 is 0 Å². The van der Waals surface area contributed by atoms with Crippen molar-refractivity contribution in [3.8, 4) is 0 Å². The first-order valence-electron chi connectivity index (χ1n) is 4.71. The molecule has 1 aliphatic rings. The number of carbonyl (C=O) groups excluding carboxylic acids is 1. The zero-order chi connectivity index (χ0) is 9.80. The van der Waals surface area contributed by atoms with Gasteiger partial charge in [0.15, 0.2) is 5.78 Å². The first-order chi connectivity index (χ1) is 6.84. The molecule has 0 bridgehead atoms. The molecule has 0 saturated heterocycles. The molecule has 2 nitrogen and oxygen atoms in total. The van der Waals surface area contributed by atoms with E-state index in [1.807, 2.05) is 36.4 Å². The van der Waals surface area contributed by atoms with Crippen LogP contribution in [-0.2, 0) is 16.1 Å². The Hall–Kier alpha value is -1.41. The summed E-state index contributed by atoms with van der Waals surface area (Å²) in [4.78, 5) is 10.9. The van der Waals surface area contributed by atoms with Gasteiger partial charge >= 0.3 is 0 Å². The molecule has 2 rings (SSSR count). The largest absolute Gasteiger partial charge is 0.369 e. The molecule has 0 spiro atoms. The molecule has 72 valence electrons. The van der Waals surface area contributed by atoms with E-state index in [-0.39, 0.29) is 11.9 Å². The van der Waals surface area contributed by atoms with Gasteiger partial charge in [0.1, 0.15) is 0 Å². The molecule has 0 fully saturated rings. The van der Waals surface area contributed by atoms with Crippen LogP contribution in [0.15, 0.2) is 42.5 Å². The smallest absolute Gasteiger partial charge is 0.158 e. The molecule has 0 N–H and O–H groups in total. The lowest BCUT2D eigenvalue weighted by Gasteiger charge is -2.08. The van der Waals surface area contributed by atoms with E-state index in [1.165, 1.54) is 0 Å². The van der Waals surface area contributed by atoms with E-state index >= 15 is 0 Å². The van der Waals surface area contributed by atoms with Crippen molar-refractivity contribution in [3.63, 3.8) is 0 Å². The van der Waals surface area contributed by atoms with Gasteiger partial charge < -0.3 is 4.74 Å². The molecule has 0 aliphatic heterocycles. The van der Waals surface area contributed by atoms with Crippen LogP contribution in [0.1, 0.15) is 12.0 Å². The Morgan fingerprint density at radius 1 is 1.29 bits per heavy atom. The minimum Gasteiger partial charge on any atom is -0.369 e. The van der Waals surface area contributed by atoms with Crippen molar-refractivity contribution in [1.29, 1.82) is 0 Å². The summed E-state index contributed by atoms with van der Waals surface area (Å²) in [5, 5.41) is 0. The van der Waals surface area contributed by atoms with Crippen LogP contribution in [0, 0.1) is 0 Å². The van der Waals surface area contributed by atoms with Crippen molar-refractivity contribution in [2.75, 3.05) is 0 Å². The fourth-order valence-electron chi connectivity index (χ4n) is 1.44. The predicted octanol–water partition coefficient (Wildman–Crippen LogP) is 2.10. The summed E-state index contributed by atoms with van der Waals surface area (Å²) in [5.74, 6) is 0.156. The van der Waals surface area contributed by atoms with Crippen LogP contribution in [0.5, 0.6) is 0 Å². The minimum absolute atomic E-state index is 0.0253. The van der Waals surface area contributed by atoms with Crippen LogP contribution in [0.3, 0.4) is 0 Å². The van der Waals surface area contributed by atoms with Gasteiger partial charge in [-0.1, -0.05) is 36.4 Å². The van der Waals surface area contributed by atoms with Gasteiger partial charge in [0.05, 0.1) is 12.7 Å². The van der Waals surface area contributed by atoms with E-state index in [0.717, 1.165) is 5.56 Å². The zero-order valence-electron chi connectivity index (χ0n) is 7.85. The van der Waals surface area contributed by atoms with Crippen molar-refractivity contribution in [3.05, 3.63) is 48.0 Å². The molecule has 0 heterocycles. The number of carbonyl (C=O) groups is 1. The SMILES string of the molecule is O=C1C=CC(OCc2ccccc2)C1. The second-order valence-corrected chi connectivity index (χ2v) is 3.36. The lowest BCUT2D eigenvalue weighted by atomic mass is 10.2. The second-order valence-electron chi connectivity index (χ2n) is 3.36. The Balaban J connectivity index is 1.84. The number of allylic oxidation sites excluding steroid dienone is 1. The molecule has 1 aromatic rings. The maximum atomic E-state index is 10.9. The number of hydrogen-bond acceptors (Lipinski definition) is 2. The first kappa shape index (κ1) is 9.16. The number of rotatable bonds is 3. The highest BCUT2D eigenvalue weighted by Gasteiger charge is 2.15. The number of ketones is 1. The van der Waals surface area contributed by atoms with Crippen molar-refractivity contribution in [1.82, 2.24) is 0 Å². The molecule has 0 radical (unpaired) electrons. The van der Waals surface area contributed by atoms with Crippen LogP contribution >= 0.6 is 0 Å². The second kappa shape index (κ2) is 4.20. The maximum Gasteiger partial charge on any atom is 0.158 e. The Morgan fingerprint density at radius 2 is 2.07 bits per heavy atom. The van der Waals surface area contributed by atoms with Gasteiger partial charge in [-0.25, -0.2) is 0 Å². The van der Waals surface area contributed by atoms with Crippen molar-refractivity contribution in [2.24, 2.45) is 0 Å². The maximum absolute atomic E-state index is 10.9. The molecule has 1 aliphatic carbocycles. The molecule has 0 amide bonds. The van der Waals surface area contributed by atoms with Gasteiger partial charge in [0, 0.05) is 6.42 Å². The quantitative estimate of drug-likeness (QED) is 0.726.